The molecule has 0 saturated carbocycles. The predicted molar refractivity (Wildman–Crippen MR) is 104 cm³/mol. The first-order chi connectivity index (χ1) is 13.5. The first-order valence-corrected chi connectivity index (χ1v) is 8.95. The highest BCUT2D eigenvalue weighted by Crippen LogP contribution is 2.19. The molecular weight excluding hydrogens is 363 g/mol. The molecule has 8 heteroatoms. The zero-order chi connectivity index (χ0) is 20.1. The lowest BCUT2D eigenvalue weighted by atomic mass is 10.1. The second-order valence-corrected chi connectivity index (χ2v) is 6.50. The number of morpholine rings is 1. The Labute approximate surface area is 163 Å². The third kappa shape index (κ3) is 4.64. The van der Waals surface area contributed by atoms with Crippen LogP contribution in [0, 0.1) is 12.7 Å². The van der Waals surface area contributed by atoms with E-state index in [1.54, 1.807) is 41.1 Å². The molecule has 1 aromatic carbocycles. The topological polar surface area (TPSA) is 69.0 Å². The van der Waals surface area contributed by atoms with Gasteiger partial charge in [0.2, 0.25) is 0 Å². The van der Waals surface area contributed by atoms with Crippen molar-refractivity contribution in [1.29, 1.82) is 0 Å². The van der Waals surface area contributed by atoms with E-state index in [2.05, 4.69) is 16.7 Å². The first-order valence-electron chi connectivity index (χ1n) is 8.95. The number of ether oxygens (including phenoxy) is 2. The Hall–Kier alpha value is -3.00. The number of hydrogen-bond donors (Lipinski definition) is 0. The van der Waals surface area contributed by atoms with Gasteiger partial charge in [0, 0.05) is 19.8 Å². The van der Waals surface area contributed by atoms with Gasteiger partial charge in [0.1, 0.15) is 24.2 Å². The Balaban J connectivity index is 1.57. The van der Waals surface area contributed by atoms with E-state index >= 15 is 0 Å². The fourth-order valence-electron chi connectivity index (χ4n) is 2.92. The highest BCUT2D eigenvalue weighted by atomic mass is 19.1. The van der Waals surface area contributed by atoms with Crippen molar-refractivity contribution >= 4 is 24.1 Å². The summed E-state index contributed by atoms with van der Waals surface area (Å²) >= 11 is 0. The molecule has 7 nitrogen and oxygen atoms in total. The molecule has 0 N–H and O–H groups in total. The van der Waals surface area contributed by atoms with Gasteiger partial charge >= 0.3 is 6.09 Å². The minimum absolute atomic E-state index is 0.0967. The van der Waals surface area contributed by atoms with Gasteiger partial charge in [-0.15, -0.1) is 0 Å². The highest BCUT2D eigenvalue weighted by Gasteiger charge is 2.24. The lowest BCUT2D eigenvalue weighted by Gasteiger charge is -2.30. The molecule has 1 aromatic heterocycles. The van der Waals surface area contributed by atoms with Crippen molar-refractivity contribution in [3.63, 3.8) is 0 Å². The van der Waals surface area contributed by atoms with Gasteiger partial charge in [-0.3, -0.25) is 9.67 Å². The van der Waals surface area contributed by atoms with Crippen LogP contribution in [0.1, 0.15) is 16.8 Å². The van der Waals surface area contributed by atoms with Gasteiger partial charge < -0.3 is 14.4 Å². The number of aliphatic imine (C=N–C) groups is 1. The van der Waals surface area contributed by atoms with Gasteiger partial charge in [-0.05, 0) is 36.3 Å². The van der Waals surface area contributed by atoms with Gasteiger partial charge in [0.25, 0.3) is 0 Å². The summed E-state index contributed by atoms with van der Waals surface area (Å²) in [6, 6.07) is 4.39. The molecule has 0 unspecified atom stereocenters. The minimum Gasteiger partial charge on any atom is -0.445 e. The number of rotatable bonds is 5. The summed E-state index contributed by atoms with van der Waals surface area (Å²) in [7, 11) is 1.81. The van der Waals surface area contributed by atoms with E-state index in [9.17, 15) is 9.18 Å². The number of aryl methyl sites for hydroxylation is 2. The molecule has 1 atom stereocenters. The number of benzene rings is 1. The van der Waals surface area contributed by atoms with Crippen molar-refractivity contribution in [2.45, 2.75) is 19.6 Å². The molecule has 1 amide bonds. The van der Waals surface area contributed by atoms with Crippen LogP contribution in [0.3, 0.4) is 0 Å². The molecule has 3 rings (SSSR count). The molecule has 0 radical (unpaired) electrons. The maximum atomic E-state index is 13.2. The van der Waals surface area contributed by atoms with Gasteiger partial charge in [0.15, 0.2) is 0 Å². The summed E-state index contributed by atoms with van der Waals surface area (Å²) in [5, 5.41) is 4.14. The van der Waals surface area contributed by atoms with Gasteiger partial charge in [-0.2, -0.15) is 5.10 Å². The van der Waals surface area contributed by atoms with Crippen LogP contribution in [-0.4, -0.2) is 52.8 Å². The summed E-state index contributed by atoms with van der Waals surface area (Å²) in [5.41, 5.74) is 3.01. The Bertz CT molecular complexity index is 894. The van der Waals surface area contributed by atoms with E-state index in [0.29, 0.717) is 25.4 Å². The lowest BCUT2D eigenvalue weighted by molar-refractivity contribution is 0.00327. The first kappa shape index (κ1) is 19.8. The fourth-order valence-corrected chi connectivity index (χ4v) is 2.92. The van der Waals surface area contributed by atoms with Crippen molar-refractivity contribution in [3.05, 3.63) is 53.6 Å². The molecule has 2 heterocycles. The second kappa shape index (κ2) is 8.79. The Morgan fingerprint density at radius 1 is 1.54 bits per heavy atom. The van der Waals surface area contributed by atoms with Gasteiger partial charge in [-0.25, -0.2) is 9.18 Å². The third-order valence-electron chi connectivity index (χ3n) is 4.54. The van der Waals surface area contributed by atoms with Crippen molar-refractivity contribution in [2.24, 2.45) is 12.0 Å². The molecular formula is C20H23FN4O3. The molecule has 28 heavy (non-hydrogen) atoms. The van der Waals surface area contributed by atoms with E-state index in [0.717, 1.165) is 16.8 Å². The van der Waals surface area contributed by atoms with Gasteiger partial charge in [-0.1, -0.05) is 12.6 Å². The van der Waals surface area contributed by atoms with Crippen molar-refractivity contribution in [2.75, 3.05) is 19.7 Å². The maximum Gasteiger partial charge on any atom is 0.410 e. The van der Waals surface area contributed by atoms with Crippen molar-refractivity contribution < 1.29 is 18.7 Å². The number of halogens is 1. The summed E-state index contributed by atoms with van der Waals surface area (Å²) in [5.74, 6) is -0.309. The average Bonchev–Trinajstić information content (AvgIpc) is 3.05. The van der Waals surface area contributed by atoms with Crippen LogP contribution >= 0.6 is 0 Å². The Morgan fingerprint density at radius 2 is 2.36 bits per heavy atom. The number of carbonyl (C=O) groups is 1. The van der Waals surface area contributed by atoms with Crippen LogP contribution in [0.5, 0.6) is 0 Å². The number of carbonyl (C=O) groups excluding carboxylic acids is 1. The quantitative estimate of drug-likeness (QED) is 0.740. The summed E-state index contributed by atoms with van der Waals surface area (Å²) < 4.78 is 25.9. The average molecular weight is 386 g/mol. The minimum atomic E-state index is -0.432. The molecule has 2 aromatic rings. The number of hydrogen-bond acceptors (Lipinski definition) is 5. The van der Waals surface area contributed by atoms with Crippen LogP contribution in [-0.2, 0) is 23.1 Å². The number of aromatic nitrogens is 2. The van der Waals surface area contributed by atoms with E-state index in [4.69, 9.17) is 9.47 Å². The molecule has 0 aliphatic carbocycles. The largest absolute Gasteiger partial charge is 0.445 e. The molecule has 0 spiro atoms. The van der Waals surface area contributed by atoms with Crippen molar-refractivity contribution in [1.82, 2.24) is 14.7 Å². The molecule has 0 bridgehead atoms. The van der Waals surface area contributed by atoms with E-state index in [1.807, 2.05) is 7.05 Å². The Morgan fingerprint density at radius 3 is 3.11 bits per heavy atom. The molecule has 1 aliphatic rings. The van der Waals surface area contributed by atoms with Crippen LogP contribution in [0.2, 0.25) is 0 Å². The SMILES string of the molecule is C=Cc1c(N=C[C@@H]2CN(C(=O)OCc3ccc(F)cc3C)CCO2)cnn1C. The van der Waals surface area contributed by atoms with E-state index < -0.39 is 6.09 Å². The van der Waals surface area contributed by atoms with Gasteiger partial charge in [0.05, 0.1) is 25.0 Å². The predicted octanol–water partition coefficient (Wildman–Crippen LogP) is 3.25. The lowest BCUT2D eigenvalue weighted by Crippen LogP contribution is -2.46. The summed E-state index contributed by atoms with van der Waals surface area (Å²) in [4.78, 5) is 18.4. The summed E-state index contributed by atoms with van der Waals surface area (Å²) in [6.45, 7) is 6.81. The second-order valence-electron chi connectivity index (χ2n) is 6.50. The number of nitrogens with zero attached hydrogens (tertiary/aromatic N) is 4. The van der Waals surface area contributed by atoms with E-state index in [1.165, 1.54) is 12.1 Å². The van der Waals surface area contributed by atoms with Crippen LogP contribution < -0.4 is 0 Å². The zero-order valence-corrected chi connectivity index (χ0v) is 16.0. The standard InChI is InChI=1S/C20H23FN4O3/c1-4-19-18(11-23-24(19)3)22-10-17-12-25(7-8-27-17)20(26)28-13-15-5-6-16(21)9-14(15)2/h4-6,9-11,17H,1,7-8,12-13H2,2-3H3/t17-/m1/s1. The van der Waals surface area contributed by atoms with Crippen molar-refractivity contribution in [3.8, 4) is 0 Å². The Kier molecular flexibility index (Phi) is 6.20. The monoisotopic (exact) mass is 386 g/mol. The third-order valence-corrected chi connectivity index (χ3v) is 4.54. The normalized spacial score (nSPS) is 17.1. The summed E-state index contributed by atoms with van der Waals surface area (Å²) in [6.07, 6.45) is 4.22. The molecule has 1 aliphatic heterocycles. The molecule has 148 valence electrons. The fraction of sp³-hybridized carbons (Fsp3) is 0.350. The number of amides is 1. The van der Waals surface area contributed by atoms with Crippen LogP contribution in [0.15, 0.2) is 36.0 Å². The van der Waals surface area contributed by atoms with Crippen LogP contribution in [0.25, 0.3) is 6.08 Å². The maximum absolute atomic E-state index is 13.2. The smallest absolute Gasteiger partial charge is 0.410 e. The molecule has 1 saturated heterocycles. The zero-order valence-electron chi connectivity index (χ0n) is 16.0. The molecule has 1 fully saturated rings. The van der Waals surface area contributed by atoms with E-state index in [-0.39, 0.29) is 18.5 Å². The van der Waals surface area contributed by atoms with Crippen LogP contribution in [0.4, 0.5) is 14.9 Å². The highest BCUT2D eigenvalue weighted by molar-refractivity contribution is 5.73.